The Balaban J connectivity index is 1.37. The van der Waals surface area contributed by atoms with Crippen LogP contribution in [0, 0.1) is 0 Å². The maximum atomic E-state index is 12.3. The Labute approximate surface area is 153 Å². The predicted octanol–water partition coefficient (Wildman–Crippen LogP) is 3.57. The molecule has 1 saturated heterocycles. The summed E-state index contributed by atoms with van der Waals surface area (Å²) in [6.07, 6.45) is 0. The van der Waals surface area contributed by atoms with E-state index in [1.165, 1.54) is 0 Å². The zero-order valence-electron chi connectivity index (χ0n) is 14.0. The predicted molar refractivity (Wildman–Crippen MR) is 100 cm³/mol. The number of urea groups is 1. The number of amides is 2. The number of ether oxygens (including phenoxy) is 1. The molecule has 2 aromatic carbocycles. The summed E-state index contributed by atoms with van der Waals surface area (Å²) in [5.74, 6) is 0.892. The summed E-state index contributed by atoms with van der Waals surface area (Å²) in [7, 11) is 0. The lowest BCUT2D eigenvalue weighted by Gasteiger charge is -2.34. The van der Waals surface area contributed by atoms with Gasteiger partial charge in [-0.1, -0.05) is 29.8 Å². The normalized spacial score (nSPS) is 15.0. The van der Waals surface area contributed by atoms with Crippen LogP contribution in [0.4, 0.5) is 10.5 Å². The summed E-state index contributed by atoms with van der Waals surface area (Å²) in [6, 6.07) is 16.9. The maximum absolute atomic E-state index is 12.3. The Morgan fingerprint density at radius 1 is 1.00 bits per heavy atom. The number of nitrogens with one attached hydrogen (secondary N) is 1. The third-order valence-corrected chi connectivity index (χ3v) is 4.43. The lowest BCUT2D eigenvalue weighted by Crippen LogP contribution is -2.50. The fourth-order valence-electron chi connectivity index (χ4n) is 2.72. The Morgan fingerprint density at radius 3 is 2.36 bits per heavy atom. The molecule has 0 atom stereocenters. The van der Waals surface area contributed by atoms with Gasteiger partial charge in [-0.25, -0.2) is 4.79 Å². The van der Waals surface area contributed by atoms with Crippen molar-refractivity contribution in [3.63, 3.8) is 0 Å². The number of nitrogens with zero attached hydrogens (tertiary/aromatic N) is 2. The van der Waals surface area contributed by atoms with Crippen LogP contribution in [-0.2, 0) is 0 Å². The van der Waals surface area contributed by atoms with Gasteiger partial charge in [0.1, 0.15) is 12.4 Å². The first-order valence-corrected chi connectivity index (χ1v) is 8.80. The third-order valence-electron chi connectivity index (χ3n) is 4.17. The lowest BCUT2D eigenvalue weighted by atomic mass is 10.3. The van der Waals surface area contributed by atoms with Gasteiger partial charge in [0.15, 0.2) is 0 Å². The molecule has 0 aliphatic carbocycles. The summed E-state index contributed by atoms with van der Waals surface area (Å²) < 4.78 is 5.73. The van der Waals surface area contributed by atoms with Crippen LogP contribution in [0.1, 0.15) is 0 Å². The van der Waals surface area contributed by atoms with Crippen molar-refractivity contribution < 1.29 is 9.53 Å². The van der Waals surface area contributed by atoms with Crippen molar-refractivity contribution in [2.24, 2.45) is 0 Å². The van der Waals surface area contributed by atoms with E-state index in [-0.39, 0.29) is 6.03 Å². The van der Waals surface area contributed by atoms with E-state index >= 15 is 0 Å². The first-order chi connectivity index (χ1) is 12.2. The number of piperazine rings is 1. The molecule has 0 bridgehead atoms. The number of para-hydroxylation sites is 1. The molecule has 0 aromatic heterocycles. The van der Waals surface area contributed by atoms with Crippen LogP contribution in [0.25, 0.3) is 0 Å². The van der Waals surface area contributed by atoms with Crippen molar-refractivity contribution in [2.45, 2.75) is 0 Å². The minimum absolute atomic E-state index is 0.0671. The number of benzene rings is 2. The highest BCUT2D eigenvalue weighted by atomic mass is 35.5. The number of halogens is 1. The number of hydrogen-bond acceptors (Lipinski definition) is 3. The van der Waals surface area contributed by atoms with Crippen LogP contribution in [0.5, 0.6) is 5.75 Å². The van der Waals surface area contributed by atoms with Crippen LogP contribution in [-0.4, -0.2) is 55.2 Å². The van der Waals surface area contributed by atoms with E-state index in [0.29, 0.717) is 24.7 Å². The molecule has 3 rings (SSSR count). The van der Waals surface area contributed by atoms with E-state index in [9.17, 15) is 4.79 Å². The van der Waals surface area contributed by atoms with Crippen molar-refractivity contribution >= 4 is 23.3 Å². The molecule has 1 fully saturated rings. The van der Waals surface area contributed by atoms with Crippen molar-refractivity contribution in [3.05, 3.63) is 59.6 Å². The minimum Gasteiger partial charge on any atom is -0.492 e. The summed E-state index contributed by atoms with van der Waals surface area (Å²) in [5.41, 5.74) is 0.757. The first kappa shape index (κ1) is 17.6. The third kappa shape index (κ3) is 5.37. The molecule has 5 nitrogen and oxygen atoms in total. The summed E-state index contributed by atoms with van der Waals surface area (Å²) in [4.78, 5) is 16.4. The van der Waals surface area contributed by atoms with Crippen molar-refractivity contribution in [1.29, 1.82) is 0 Å². The molecular formula is C19H22ClN3O2. The SMILES string of the molecule is O=C(Nc1ccc(Cl)cc1)N1CCN(CCOc2ccccc2)CC1. The molecule has 0 saturated carbocycles. The largest absolute Gasteiger partial charge is 0.492 e. The van der Waals surface area contributed by atoms with E-state index in [0.717, 1.165) is 31.1 Å². The Morgan fingerprint density at radius 2 is 1.68 bits per heavy atom. The van der Waals surface area contributed by atoms with Gasteiger partial charge in [0.05, 0.1) is 0 Å². The van der Waals surface area contributed by atoms with Gasteiger partial charge in [-0.2, -0.15) is 0 Å². The van der Waals surface area contributed by atoms with Gasteiger partial charge in [0.2, 0.25) is 0 Å². The van der Waals surface area contributed by atoms with E-state index in [1.807, 2.05) is 35.2 Å². The van der Waals surface area contributed by atoms with Crippen LogP contribution in [0.3, 0.4) is 0 Å². The minimum atomic E-state index is -0.0671. The molecule has 0 spiro atoms. The number of rotatable bonds is 5. The van der Waals surface area contributed by atoms with E-state index in [1.54, 1.807) is 24.3 Å². The van der Waals surface area contributed by atoms with Gasteiger partial charge in [-0.3, -0.25) is 4.90 Å². The molecule has 1 N–H and O–H groups in total. The van der Waals surface area contributed by atoms with Gasteiger partial charge in [0.25, 0.3) is 0 Å². The second kappa shape index (κ2) is 8.74. The van der Waals surface area contributed by atoms with Crippen LogP contribution in [0.15, 0.2) is 54.6 Å². The highest BCUT2D eigenvalue weighted by Crippen LogP contribution is 2.14. The molecule has 1 aliphatic heterocycles. The van der Waals surface area contributed by atoms with E-state index in [4.69, 9.17) is 16.3 Å². The smallest absolute Gasteiger partial charge is 0.321 e. The monoisotopic (exact) mass is 359 g/mol. The molecule has 6 heteroatoms. The Kier molecular flexibility index (Phi) is 6.14. The standard InChI is InChI=1S/C19H22ClN3O2/c20-16-6-8-17(9-7-16)21-19(24)23-12-10-22(11-13-23)14-15-25-18-4-2-1-3-5-18/h1-9H,10-15H2,(H,21,24). The van der Waals surface area contributed by atoms with Gasteiger partial charge in [-0.05, 0) is 36.4 Å². The molecule has 2 amide bonds. The highest BCUT2D eigenvalue weighted by Gasteiger charge is 2.20. The molecule has 1 aliphatic rings. The fraction of sp³-hybridized carbons (Fsp3) is 0.316. The van der Waals surface area contributed by atoms with Gasteiger partial charge < -0.3 is 15.0 Å². The van der Waals surface area contributed by atoms with Gasteiger partial charge in [0, 0.05) is 43.4 Å². The quantitative estimate of drug-likeness (QED) is 0.887. The van der Waals surface area contributed by atoms with E-state index < -0.39 is 0 Å². The second-order valence-electron chi connectivity index (χ2n) is 5.93. The zero-order valence-corrected chi connectivity index (χ0v) is 14.8. The molecule has 0 radical (unpaired) electrons. The number of carbonyl (C=O) groups excluding carboxylic acids is 1. The summed E-state index contributed by atoms with van der Waals surface area (Å²) in [6.45, 7) is 4.65. The molecule has 2 aromatic rings. The second-order valence-corrected chi connectivity index (χ2v) is 6.36. The average Bonchev–Trinajstić information content (AvgIpc) is 2.65. The van der Waals surface area contributed by atoms with Gasteiger partial charge >= 0.3 is 6.03 Å². The molecule has 0 unspecified atom stereocenters. The van der Waals surface area contributed by atoms with Crippen molar-refractivity contribution in [3.8, 4) is 5.75 Å². The molecule has 132 valence electrons. The average molecular weight is 360 g/mol. The first-order valence-electron chi connectivity index (χ1n) is 8.42. The Hall–Kier alpha value is -2.24. The topological polar surface area (TPSA) is 44.8 Å². The number of carbonyl (C=O) groups is 1. The zero-order chi connectivity index (χ0) is 17.5. The van der Waals surface area contributed by atoms with Crippen LogP contribution in [0.2, 0.25) is 5.02 Å². The van der Waals surface area contributed by atoms with Crippen LogP contribution < -0.4 is 10.1 Å². The molecular weight excluding hydrogens is 338 g/mol. The molecule has 25 heavy (non-hydrogen) atoms. The number of hydrogen-bond donors (Lipinski definition) is 1. The van der Waals surface area contributed by atoms with Gasteiger partial charge in [-0.15, -0.1) is 0 Å². The fourth-order valence-corrected chi connectivity index (χ4v) is 2.85. The summed E-state index contributed by atoms with van der Waals surface area (Å²) >= 11 is 5.85. The van der Waals surface area contributed by atoms with Crippen molar-refractivity contribution in [2.75, 3.05) is 44.6 Å². The highest BCUT2D eigenvalue weighted by molar-refractivity contribution is 6.30. The number of anilines is 1. The van der Waals surface area contributed by atoms with Crippen LogP contribution >= 0.6 is 11.6 Å². The molecule has 1 heterocycles. The lowest BCUT2D eigenvalue weighted by molar-refractivity contribution is 0.132. The summed E-state index contributed by atoms with van der Waals surface area (Å²) in [5, 5.41) is 3.56. The maximum Gasteiger partial charge on any atom is 0.321 e. The van der Waals surface area contributed by atoms with Crippen molar-refractivity contribution in [1.82, 2.24) is 9.80 Å². The van der Waals surface area contributed by atoms with E-state index in [2.05, 4.69) is 10.2 Å². The Bertz CT molecular complexity index is 671.